The van der Waals surface area contributed by atoms with Crippen LogP contribution in [0.15, 0.2) is 18.2 Å². The van der Waals surface area contributed by atoms with Crippen LogP contribution >= 0.6 is 11.8 Å². The molecule has 1 aliphatic carbocycles. The van der Waals surface area contributed by atoms with Crippen molar-refractivity contribution in [3.63, 3.8) is 0 Å². The van der Waals surface area contributed by atoms with E-state index in [0.717, 1.165) is 18.5 Å². The summed E-state index contributed by atoms with van der Waals surface area (Å²) in [6.45, 7) is 0. The second-order valence-corrected chi connectivity index (χ2v) is 5.81. The van der Waals surface area contributed by atoms with Crippen LogP contribution in [-0.2, 0) is 0 Å². The van der Waals surface area contributed by atoms with Crippen molar-refractivity contribution in [2.75, 3.05) is 11.6 Å². The molecule has 1 N–H and O–H groups in total. The smallest absolute Gasteiger partial charge is 0.124 e. The van der Waals surface area contributed by atoms with E-state index in [2.05, 4.69) is 11.6 Å². The number of anilines is 1. The van der Waals surface area contributed by atoms with Crippen molar-refractivity contribution in [3.8, 4) is 6.07 Å². The molecule has 2 rings (SSSR count). The lowest BCUT2D eigenvalue weighted by molar-refractivity contribution is 0.473. The van der Waals surface area contributed by atoms with E-state index in [1.807, 2.05) is 17.8 Å². The number of rotatable bonds is 3. The summed E-state index contributed by atoms with van der Waals surface area (Å²) in [7, 11) is 0. The minimum atomic E-state index is -0.359. The van der Waals surface area contributed by atoms with Crippen LogP contribution in [0.25, 0.3) is 0 Å². The van der Waals surface area contributed by atoms with Crippen LogP contribution in [0, 0.1) is 17.1 Å². The number of halogens is 1. The molecule has 4 heteroatoms. The Labute approximate surface area is 112 Å². The molecule has 0 bridgehead atoms. The molecule has 96 valence electrons. The minimum absolute atomic E-state index is 0.359. The van der Waals surface area contributed by atoms with Gasteiger partial charge in [0.15, 0.2) is 0 Å². The Morgan fingerprint density at radius 1 is 1.44 bits per heavy atom. The summed E-state index contributed by atoms with van der Waals surface area (Å²) in [5.74, 6) is -0.359. The van der Waals surface area contributed by atoms with Crippen LogP contribution in [0.4, 0.5) is 10.1 Å². The average Bonchev–Trinajstić information content (AvgIpc) is 2.41. The van der Waals surface area contributed by atoms with Gasteiger partial charge in [0.2, 0.25) is 0 Å². The van der Waals surface area contributed by atoms with Gasteiger partial charge in [-0.05, 0) is 43.7 Å². The predicted molar refractivity (Wildman–Crippen MR) is 74.3 cm³/mol. The van der Waals surface area contributed by atoms with Gasteiger partial charge in [0, 0.05) is 11.3 Å². The third-order valence-electron chi connectivity index (χ3n) is 3.42. The van der Waals surface area contributed by atoms with Crippen molar-refractivity contribution >= 4 is 17.4 Å². The third-order valence-corrected chi connectivity index (χ3v) is 4.52. The Morgan fingerprint density at radius 3 is 3.00 bits per heavy atom. The van der Waals surface area contributed by atoms with Gasteiger partial charge in [0.25, 0.3) is 0 Å². The number of hydrogen-bond donors (Lipinski definition) is 1. The van der Waals surface area contributed by atoms with Crippen LogP contribution in [0.2, 0.25) is 0 Å². The molecular formula is C14H17FN2S. The molecule has 0 radical (unpaired) electrons. The van der Waals surface area contributed by atoms with Crippen LogP contribution in [0.1, 0.15) is 31.2 Å². The number of thioether (sulfide) groups is 1. The summed E-state index contributed by atoms with van der Waals surface area (Å²) in [4.78, 5) is 0. The van der Waals surface area contributed by atoms with E-state index in [1.165, 1.54) is 25.0 Å². The molecule has 0 amide bonds. The fraction of sp³-hybridized carbons (Fsp3) is 0.500. The number of hydrogen-bond acceptors (Lipinski definition) is 3. The Morgan fingerprint density at radius 2 is 2.28 bits per heavy atom. The second-order valence-electron chi connectivity index (χ2n) is 4.67. The molecule has 2 atom stereocenters. The van der Waals surface area contributed by atoms with Gasteiger partial charge in [-0.2, -0.15) is 17.0 Å². The maximum atomic E-state index is 13.0. The van der Waals surface area contributed by atoms with Crippen molar-refractivity contribution in [2.45, 2.75) is 37.0 Å². The monoisotopic (exact) mass is 264 g/mol. The Kier molecular flexibility index (Phi) is 4.48. The number of benzene rings is 1. The summed E-state index contributed by atoms with van der Waals surface area (Å²) in [6, 6.07) is 6.79. The molecule has 2 nitrogen and oxygen atoms in total. The van der Waals surface area contributed by atoms with E-state index in [1.54, 1.807) is 6.07 Å². The van der Waals surface area contributed by atoms with Crippen molar-refractivity contribution in [2.24, 2.45) is 0 Å². The van der Waals surface area contributed by atoms with Gasteiger partial charge in [-0.1, -0.05) is 6.42 Å². The lowest BCUT2D eigenvalue weighted by Gasteiger charge is -2.29. The van der Waals surface area contributed by atoms with Gasteiger partial charge < -0.3 is 5.32 Å². The van der Waals surface area contributed by atoms with Crippen LogP contribution < -0.4 is 5.32 Å². The zero-order valence-corrected chi connectivity index (χ0v) is 11.3. The highest BCUT2D eigenvalue weighted by molar-refractivity contribution is 7.99. The van der Waals surface area contributed by atoms with Crippen molar-refractivity contribution in [3.05, 3.63) is 29.6 Å². The Balaban J connectivity index is 2.07. The molecule has 0 saturated heterocycles. The summed E-state index contributed by atoms with van der Waals surface area (Å²) in [5.41, 5.74) is 1.15. The lowest BCUT2D eigenvalue weighted by Crippen LogP contribution is -2.28. The van der Waals surface area contributed by atoms with Crippen LogP contribution in [0.3, 0.4) is 0 Å². The predicted octanol–water partition coefficient (Wildman–Crippen LogP) is 3.78. The first-order chi connectivity index (χ1) is 8.72. The Bertz CT molecular complexity index is 456. The fourth-order valence-corrected chi connectivity index (χ4v) is 3.27. The van der Waals surface area contributed by atoms with E-state index in [0.29, 0.717) is 16.9 Å². The molecule has 1 aliphatic rings. The zero-order chi connectivity index (χ0) is 13.0. The van der Waals surface area contributed by atoms with E-state index >= 15 is 0 Å². The fourth-order valence-electron chi connectivity index (χ4n) is 2.44. The molecule has 2 unspecified atom stereocenters. The molecular weight excluding hydrogens is 247 g/mol. The zero-order valence-electron chi connectivity index (χ0n) is 10.4. The molecule has 1 fully saturated rings. The van der Waals surface area contributed by atoms with Gasteiger partial charge in [-0.15, -0.1) is 0 Å². The van der Waals surface area contributed by atoms with Crippen LogP contribution in [-0.4, -0.2) is 17.5 Å². The molecule has 1 aromatic carbocycles. The van der Waals surface area contributed by atoms with Gasteiger partial charge in [0.1, 0.15) is 11.9 Å². The van der Waals surface area contributed by atoms with Gasteiger partial charge in [-0.3, -0.25) is 0 Å². The van der Waals surface area contributed by atoms with E-state index in [4.69, 9.17) is 5.26 Å². The van der Waals surface area contributed by atoms with Crippen molar-refractivity contribution in [1.82, 2.24) is 0 Å². The molecule has 0 spiro atoms. The molecule has 18 heavy (non-hydrogen) atoms. The normalized spacial score (nSPS) is 23.4. The first-order valence-electron chi connectivity index (χ1n) is 6.22. The van der Waals surface area contributed by atoms with Crippen molar-refractivity contribution in [1.29, 1.82) is 5.26 Å². The highest BCUT2D eigenvalue weighted by Gasteiger charge is 2.21. The summed E-state index contributed by atoms with van der Waals surface area (Å²) in [5, 5.41) is 13.1. The van der Waals surface area contributed by atoms with Crippen molar-refractivity contribution < 1.29 is 4.39 Å². The van der Waals surface area contributed by atoms with Gasteiger partial charge >= 0.3 is 0 Å². The minimum Gasteiger partial charge on any atom is -0.381 e. The maximum absolute atomic E-state index is 13.0. The quantitative estimate of drug-likeness (QED) is 0.902. The topological polar surface area (TPSA) is 35.8 Å². The largest absolute Gasteiger partial charge is 0.381 e. The first kappa shape index (κ1) is 13.2. The summed E-state index contributed by atoms with van der Waals surface area (Å²) < 4.78 is 13.0. The highest BCUT2D eigenvalue weighted by atomic mass is 32.2. The first-order valence-corrected chi connectivity index (χ1v) is 7.50. The molecule has 0 aromatic heterocycles. The average molecular weight is 264 g/mol. The number of nitrogens with one attached hydrogen (secondary N) is 1. The molecule has 0 heterocycles. The van der Waals surface area contributed by atoms with E-state index in [9.17, 15) is 4.39 Å². The highest BCUT2D eigenvalue weighted by Crippen LogP contribution is 2.29. The van der Waals surface area contributed by atoms with Gasteiger partial charge in [0.05, 0.1) is 11.3 Å². The number of nitrogens with zero attached hydrogens (tertiary/aromatic N) is 1. The molecule has 0 aliphatic heterocycles. The molecule has 1 aromatic rings. The SMILES string of the molecule is CSC1CCCC(Nc2ccc(F)cc2C#N)C1. The summed E-state index contributed by atoms with van der Waals surface area (Å²) >= 11 is 1.91. The third kappa shape index (κ3) is 3.17. The number of nitriles is 1. The Hall–Kier alpha value is -1.21. The second kappa shape index (κ2) is 6.10. The van der Waals surface area contributed by atoms with Crippen LogP contribution in [0.5, 0.6) is 0 Å². The standard InChI is InChI=1S/C14H17FN2S/c1-18-13-4-2-3-12(8-13)17-14-6-5-11(15)7-10(14)9-16/h5-7,12-13,17H,2-4,8H2,1H3. The van der Waals surface area contributed by atoms with E-state index < -0.39 is 0 Å². The lowest BCUT2D eigenvalue weighted by atomic mass is 9.94. The maximum Gasteiger partial charge on any atom is 0.124 e. The molecule has 1 saturated carbocycles. The van der Waals surface area contributed by atoms with Gasteiger partial charge in [-0.25, -0.2) is 4.39 Å². The van der Waals surface area contributed by atoms with E-state index in [-0.39, 0.29) is 5.82 Å². The summed E-state index contributed by atoms with van der Waals surface area (Å²) in [6.07, 6.45) is 6.87.